The first kappa shape index (κ1) is 24.4. The van der Waals surface area contributed by atoms with Gasteiger partial charge in [-0.15, -0.1) is 0 Å². The maximum atomic E-state index is 12.8. The van der Waals surface area contributed by atoms with Crippen LogP contribution in [0.3, 0.4) is 0 Å². The Labute approximate surface area is 210 Å². The van der Waals surface area contributed by atoms with Gasteiger partial charge in [-0.2, -0.15) is 0 Å². The smallest absolute Gasteiger partial charge is 0.407 e. The number of rotatable bonds is 8. The molecule has 3 aromatic carbocycles. The number of carbonyl (C=O) groups is 3. The lowest BCUT2D eigenvalue weighted by Crippen LogP contribution is -2.47. The quantitative estimate of drug-likeness (QED) is 0.385. The van der Waals surface area contributed by atoms with Gasteiger partial charge in [-0.25, -0.2) is 9.59 Å². The highest BCUT2D eigenvalue weighted by molar-refractivity contribution is 9.10. The van der Waals surface area contributed by atoms with E-state index in [0.717, 1.165) is 22.3 Å². The third-order valence-corrected chi connectivity index (χ3v) is 6.42. The van der Waals surface area contributed by atoms with Gasteiger partial charge in [-0.3, -0.25) is 4.79 Å². The zero-order chi connectivity index (χ0) is 24.9. The Morgan fingerprint density at radius 3 is 2.20 bits per heavy atom. The second-order valence-corrected chi connectivity index (χ2v) is 8.82. The number of hydrogen-bond donors (Lipinski definition) is 3. The summed E-state index contributed by atoms with van der Waals surface area (Å²) in [5.41, 5.74) is 4.83. The minimum Gasteiger partial charge on any atom is -0.478 e. The van der Waals surface area contributed by atoms with Gasteiger partial charge < -0.3 is 25.2 Å². The second kappa shape index (κ2) is 10.7. The molecule has 8 nitrogen and oxygen atoms in total. The van der Waals surface area contributed by atoms with Crippen LogP contribution in [0.2, 0.25) is 0 Å². The summed E-state index contributed by atoms with van der Waals surface area (Å²) in [4.78, 5) is 36.5. The highest BCUT2D eigenvalue weighted by Gasteiger charge is 2.30. The molecule has 0 saturated carbocycles. The number of methoxy groups -OCH3 is 1. The number of amides is 2. The molecule has 0 heterocycles. The van der Waals surface area contributed by atoms with E-state index in [9.17, 15) is 14.4 Å². The molecular formula is C26H23BrN2O6. The molecule has 0 saturated heterocycles. The summed E-state index contributed by atoms with van der Waals surface area (Å²) in [5, 5.41) is 14.3. The summed E-state index contributed by atoms with van der Waals surface area (Å²) in [6.07, 6.45) is -0.746. The number of benzene rings is 3. The van der Waals surface area contributed by atoms with Crippen molar-refractivity contribution in [1.29, 1.82) is 0 Å². The zero-order valence-corrected chi connectivity index (χ0v) is 20.4. The van der Waals surface area contributed by atoms with Crippen molar-refractivity contribution in [3.05, 3.63) is 87.9 Å². The van der Waals surface area contributed by atoms with E-state index in [-0.39, 0.29) is 24.7 Å². The topological polar surface area (TPSA) is 114 Å². The van der Waals surface area contributed by atoms with Crippen LogP contribution in [0.15, 0.2) is 71.2 Å². The number of halogens is 1. The molecule has 2 amide bonds. The lowest BCUT2D eigenvalue weighted by molar-refractivity contribution is -0.119. The molecule has 1 aliphatic carbocycles. The van der Waals surface area contributed by atoms with Crippen LogP contribution in [0, 0.1) is 0 Å². The lowest BCUT2D eigenvalue weighted by Gasteiger charge is -2.19. The summed E-state index contributed by atoms with van der Waals surface area (Å²) in [6, 6.07) is 19.2. The lowest BCUT2D eigenvalue weighted by atomic mass is 9.98. The van der Waals surface area contributed by atoms with Crippen LogP contribution in [0.4, 0.5) is 10.5 Å². The Kier molecular flexibility index (Phi) is 7.48. The third kappa shape index (κ3) is 5.36. The first-order valence-corrected chi connectivity index (χ1v) is 11.6. The molecular weight excluding hydrogens is 516 g/mol. The van der Waals surface area contributed by atoms with Crippen LogP contribution in [-0.2, 0) is 14.3 Å². The zero-order valence-electron chi connectivity index (χ0n) is 18.8. The summed E-state index contributed by atoms with van der Waals surface area (Å²) >= 11 is 3.25. The van der Waals surface area contributed by atoms with Gasteiger partial charge in [0.15, 0.2) is 0 Å². The number of carbonyl (C=O) groups excluding carboxylic acids is 2. The maximum Gasteiger partial charge on any atom is 0.407 e. The van der Waals surface area contributed by atoms with Crippen molar-refractivity contribution in [2.45, 2.75) is 12.0 Å². The number of hydrogen-bond acceptors (Lipinski definition) is 5. The molecule has 0 aliphatic heterocycles. The molecule has 1 atom stereocenters. The van der Waals surface area contributed by atoms with Gasteiger partial charge in [0.05, 0.1) is 17.9 Å². The Morgan fingerprint density at radius 2 is 1.63 bits per heavy atom. The fourth-order valence-corrected chi connectivity index (χ4v) is 4.58. The molecule has 0 fully saturated rings. The molecule has 0 spiro atoms. The molecule has 180 valence electrons. The fourth-order valence-electron chi connectivity index (χ4n) is 4.10. The predicted octanol–water partition coefficient (Wildman–Crippen LogP) is 4.64. The van der Waals surface area contributed by atoms with Crippen molar-refractivity contribution < 1.29 is 29.0 Å². The summed E-state index contributed by atoms with van der Waals surface area (Å²) in [6.45, 7) is 0.0320. The third-order valence-electron chi connectivity index (χ3n) is 5.76. The average Bonchev–Trinajstić information content (AvgIpc) is 3.17. The van der Waals surface area contributed by atoms with Crippen LogP contribution in [0.25, 0.3) is 11.1 Å². The molecule has 35 heavy (non-hydrogen) atoms. The van der Waals surface area contributed by atoms with Gasteiger partial charge in [0.25, 0.3) is 0 Å². The van der Waals surface area contributed by atoms with Gasteiger partial charge in [0.1, 0.15) is 12.6 Å². The van der Waals surface area contributed by atoms with E-state index < -0.39 is 24.0 Å². The SMILES string of the molecule is COC[C@H](NC(=O)OCC1c2ccccc2-c2ccccc21)C(=O)Nc1ccc(C(=O)O)cc1Br. The van der Waals surface area contributed by atoms with E-state index in [1.165, 1.54) is 25.3 Å². The first-order chi connectivity index (χ1) is 16.9. The molecule has 0 unspecified atom stereocenters. The van der Waals surface area contributed by atoms with Crippen LogP contribution in [-0.4, -0.2) is 49.4 Å². The fraction of sp³-hybridized carbons (Fsp3) is 0.192. The number of alkyl carbamates (subject to hydrolysis) is 1. The van der Waals surface area contributed by atoms with Gasteiger partial charge in [-0.1, -0.05) is 48.5 Å². The molecule has 9 heteroatoms. The molecule has 3 aromatic rings. The molecule has 0 bridgehead atoms. The number of ether oxygens (including phenoxy) is 2. The van der Waals surface area contributed by atoms with Crippen molar-refractivity contribution in [3.8, 4) is 11.1 Å². The van der Waals surface area contributed by atoms with Gasteiger partial charge >= 0.3 is 12.1 Å². The normalized spacial score (nSPS) is 12.9. The summed E-state index contributed by atoms with van der Waals surface area (Å²) in [5.74, 6) is -1.73. The van der Waals surface area contributed by atoms with Gasteiger partial charge in [0.2, 0.25) is 5.91 Å². The van der Waals surface area contributed by atoms with Gasteiger partial charge in [0, 0.05) is 17.5 Å². The van der Waals surface area contributed by atoms with Crippen molar-refractivity contribution >= 4 is 39.6 Å². The molecule has 0 radical (unpaired) electrons. The Morgan fingerprint density at radius 1 is 1.00 bits per heavy atom. The highest BCUT2D eigenvalue weighted by Crippen LogP contribution is 2.44. The largest absolute Gasteiger partial charge is 0.478 e. The first-order valence-electron chi connectivity index (χ1n) is 10.8. The molecule has 1 aliphatic rings. The summed E-state index contributed by atoms with van der Waals surface area (Å²) < 4.78 is 11.0. The van der Waals surface area contributed by atoms with E-state index >= 15 is 0 Å². The maximum absolute atomic E-state index is 12.8. The van der Waals surface area contributed by atoms with Crippen LogP contribution < -0.4 is 10.6 Å². The van der Waals surface area contributed by atoms with Crippen LogP contribution in [0.1, 0.15) is 27.4 Å². The van der Waals surface area contributed by atoms with Crippen molar-refractivity contribution in [2.75, 3.05) is 25.6 Å². The number of carboxylic acids is 1. The molecule has 4 rings (SSSR count). The van der Waals surface area contributed by atoms with Crippen molar-refractivity contribution in [3.63, 3.8) is 0 Å². The number of carboxylic acid groups (broad SMARTS) is 1. The Bertz CT molecular complexity index is 1230. The minimum atomic E-state index is -1.09. The highest BCUT2D eigenvalue weighted by atomic mass is 79.9. The average molecular weight is 539 g/mol. The standard InChI is InChI=1S/C26H23BrN2O6/c1-34-14-23(24(30)28-22-11-10-15(25(31)32)12-21(22)27)29-26(33)35-13-20-18-8-4-2-6-16(18)17-7-3-5-9-19(17)20/h2-12,20,23H,13-14H2,1H3,(H,28,30)(H,29,33)(H,31,32)/t23-/m0/s1. The van der Waals surface area contributed by atoms with E-state index in [1.807, 2.05) is 48.5 Å². The van der Waals surface area contributed by atoms with Crippen molar-refractivity contribution in [2.24, 2.45) is 0 Å². The van der Waals surface area contributed by atoms with E-state index in [1.54, 1.807) is 0 Å². The van der Waals surface area contributed by atoms with Crippen LogP contribution in [0.5, 0.6) is 0 Å². The van der Waals surface area contributed by atoms with Crippen LogP contribution >= 0.6 is 15.9 Å². The van der Waals surface area contributed by atoms with E-state index in [0.29, 0.717) is 10.2 Å². The monoisotopic (exact) mass is 538 g/mol. The molecule has 3 N–H and O–H groups in total. The predicted molar refractivity (Wildman–Crippen MR) is 134 cm³/mol. The van der Waals surface area contributed by atoms with Gasteiger partial charge in [-0.05, 0) is 56.4 Å². The molecule has 0 aromatic heterocycles. The number of anilines is 1. The van der Waals surface area contributed by atoms with E-state index in [4.69, 9.17) is 14.6 Å². The number of aromatic carboxylic acids is 1. The number of nitrogens with one attached hydrogen (secondary N) is 2. The second-order valence-electron chi connectivity index (χ2n) is 7.97. The minimum absolute atomic E-state index is 0.0695. The Balaban J connectivity index is 1.41. The Hall–Kier alpha value is -3.69. The summed E-state index contributed by atoms with van der Waals surface area (Å²) in [7, 11) is 1.41. The number of fused-ring (bicyclic) bond motifs is 3. The van der Waals surface area contributed by atoms with Crippen molar-refractivity contribution in [1.82, 2.24) is 5.32 Å². The van der Waals surface area contributed by atoms with E-state index in [2.05, 4.69) is 26.6 Å².